The van der Waals surface area contributed by atoms with E-state index in [1.807, 2.05) is 0 Å². The van der Waals surface area contributed by atoms with Gasteiger partial charge in [-0.05, 0) is 51.8 Å². The Kier molecular flexibility index (Phi) is 4.86. The Balaban J connectivity index is 2.36. The molecule has 2 nitrogen and oxygen atoms in total. The Morgan fingerprint density at radius 3 is 2.37 bits per heavy atom. The second-order valence-electron chi connectivity index (χ2n) is 3.74. The molecule has 0 amide bonds. The lowest BCUT2D eigenvalue weighted by molar-refractivity contribution is 0.103. The van der Waals surface area contributed by atoms with Gasteiger partial charge in [0, 0.05) is 16.2 Å². The summed E-state index contributed by atoms with van der Waals surface area (Å²) in [6, 6.07) is 7.19. The van der Waals surface area contributed by atoms with Crippen molar-refractivity contribution in [3.05, 3.63) is 63.6 Å². The number of aromatic nitrogens is 1. The van der Waals surface area contributed by atoms with Crippen LogP contribution in [-0.4, -0.2) is 10.8 Å². The largest absolute Gasteiger partial charge is 0.287 e. The molecule has 0 N–H and O–H groups in total. The first kappa shape index (κ1) is 14.8. The number of halogens is 4. The minimum atomic E-state index is -0.375. The molecule has 0 bridgehead atoms. The maximum Gasteiger partial charge on any atom is 0.212 e. The normalized spacial score (nSPS) is 10.8. The van der Waals surface area contributed by atoms with E-state index < -0.39 is 0 Å². The molecule has 19 heavy (non-hydrogen) atoms. The SMILES string of the molecule is O=C(c1ccc(F)cc1)c1ncc(C(Br)Br)cc1Br. The van der Waals surface area contributed by atoms with E-state index in [-0.39, 0.29) is 15.3 Å². The lowest BCUT2D eigenvalue weighted by Crippen LogP contribution is -2.06. The first-order valence-corrected chi connectivity index (χ1v) is 7.85. The summed E-state index contributed by atoms with van der Waals surface area (Å²) < 4.78 is 13.4. The number of ketones is 1. The van der Waals surface area contributed by atoms with Crippen LogP contribution >= 0.6 is 47.8 Å². The fraction of sp³-hybridized carbons (Fsp3) is 0.0769. The Morgan fingerprint density at radius 2 is 1.84 bits per heavy atom. The average Bonchev–Trinajstić information content (AvgIpc) is 2.38. The van der Waals surface area contributed by atoms with Gasteiger partial charge >= 0.3 is 0 Å². The van der Waals surface area contributed by atoms with Gasteiger partial charge in [0.05, 0.1) is 3.74 Å². The number of hydrogen-bond acceptors (Lipinski definition) is 2. The zero-order chi connectivity index (χ0) is 14.0. The van der Waals surface area contributed by atoms with E-state index in [9.17, 15) is 9.18 Å². The number of alkyl halides is 2. The van der Waals surface area contributed by atoms with Crippen molar-refractivity contribution in [1.29, 1.82) is 0 Å². The van der Waals surface area contributed by atoms with E-state index in [0.29, 0.717) is 15.7 Å². The minimum Gasteiger partial charge on any atom is -0.287 e. The number of rotatable bonds is 3. The van der Waals surface area contributed by atoms with Crippen molar-refractivity contribution in [2.45, 2.75) is 3.74 Å². The Hall–Kier alpha value is -0.590. The van der Waals surface area contributed by atoms with Gasteiger partial charge in [-0.3, -0.25) is 9.78 Å². The summed E-state index contributed by atoms with van der Waals surface area (Å²) >= 11 is 10.0. The molecule has 0 aliphatic carbocycles. The molecular weight excluding hydrogens is 445 g/mol. The molecule has 0 unspecified atom stereocenters. The van der Waals surface area contributed by atoms with Crippen molar-refractivity contribution in [3.8, 4) is 0 Å². The van der Waals surface area contributed by atoms with Gasteiger partial charge < -0.3 is 0 Å². The highest BCUT2D eigenvalue weighted by Crippen LogP contribution is 2.31. The zero-order valence-corrected chi connectivity index (χ0v) is 14.2. The smallest absolute Gasteiger partial charge is 0.212 e. The van der Waals surface area contributed by atoms with Gasteiger partial charge in [-0.2, -0.15) is 0 Å². The highest BCUT2D eigenvalue weighted by atomic mass is 79.9. The molecule has 1 aromatic carbocycles. The number of pyridine rings is 1. The molecule has 0 aliphatic rings. The van der Waals surface area contributed by atoms with E-state index in [1.54, 1.807) is 12.3 Å². The molecular formula is C13H7Br3FNO. The fourth-order valence-corrected chi connectivity index (χ4v) is 2.52. The van der Waals surface area contributed by atoms with Crippen molar-refractivity contribution in [1.82, 2.24) is 4.98 Å². The van der Waals surface area contributed by atoms with Crippen LogP contribution in [-0.2, 0) is 0 Å². The first-order chi connectivity index (χ1) is 8.99. The van der Waals surface area contributed by atoms with Gasteiger partial charge in [-0.1, -0.05) is 31.9 Å². The average molecular weight is 452 g/mol. The summed E-state index contributed by atoms with van der Waals surface area (Å²) in [6.45, 7) is 0. The number of benzene rings is 1. The number of nitrogens with zero attached hydrogens (tertiary/aromatic N) is 1. The number of carbonyl (C=O) groups excluding carboxylic acids is 1. The Morgan fingerprint density at radius 1 is 1.21 bits per heavy atom. The summed E-state index contributed by atoms with van der Waals surface area (Å²) in [6.07, 6.45) is 1.61. The predicted molar refractivity (Wildman–Crippen MR) is 82.4 cm³/mol. The van der Waals surface area contributed by atoms with Crippen LogP contribution in [0.25, 0.3) is 0 Å². The maximum atomic E-state index is 12.8. The third-order valence-corrected chi connectivity index (χ3v) is 4.10. The Bertz CT molecular complexity index is 614. The van der Waals surface area contributed by atoms with Crippen LogP contribution in [0.2, 0.25) is 0 Å². The fourth-order valence-electron chi connectivity index (χ4n) is 1.48. The lowest BCUT2D eigenvalue weighted by atomic mass is 10.1. The van der Waals surface area contributed by atoms with Crippen molar-refractivity contribution in [3.63, 3.8) is 0 Å². The highest BCUT2D eigenvalue weighted by Gasteiger charge is 2.16. The summed E-state index contributed by atoms with van der Waals surface area (Å²) in [5.41, 5.74) is 1.59. The van der Waals surface area contributed by atoms with Gasteiger partial charge in [0.2, 0.25) is 5.78 Å². The quantitative estimate of drug-likeness (QED) is 0.485. The van der Waals surface area contributed by atoms with Gasteiger partial charge in [0.1, 0.15) is 11.5 Å². The van der Waals surface area contributed by atoms with E-state index in [1.165, 1.54) is 24.3 Å². The lowest BCUT2D eigenvalue weighted by Gasteiger charge is -2.06. The number of hydrogen-bond donors (Lipinski definition) is 0. The molecule has 0 atom stereocenters. The summed E-state index contributed by atoms with van der Waals surface area (Å²) in [5, 5.41) is 0. The predicted octanol–water partition coefficient (Wildman–Crippen LogP) is 5.00. The molecule has 0 saturated heterocycles. The topological polar surface area (TPSA) is 30.0 Å². The molecule has 2 aromatic rings. The van der Waals surface area contributed by atoms with Crippen LogP contribution in [0, 0.1) is 5.82 Å². The number of carbonyl (C=O) groups is 1. The molecule has 6 heteroatoms. The molecule has 1 aromatic heterocycles. The highest BCUT2D eigenvalue weighted by molar-refractivity contribution is 9.24. The summed E-state index contributed by atoms with van der Waals surface area (Å²) in [4.78, 5) is 16.4. The van der Waals surface area contributed by atoms with E-state index in [2.05, 4.69) is 52.8 Å². The second-order valence-corrected chi connectivity index (χ2v) is 7.65. The molecule has 0 radical (unpaired) electrons. The van der Waals surface area contributed by atoms with Crippen LogP contribution in [0.3, 0.4) is 0 Å². The van der Waals surface area contributed by atoms with E-state index in [0.717, 1.165) is 5.56 Å². The van der Waals surface area contributed by atoms with Gasteiger partial charge in [-0.15, -0.1) is 0 Å². The van der Waals surface area contributed by atoms with Crippen LogP contribution in [0.1, 0.15) is 25.4 Å². The molecule has 0 saturated carbocycles. The maximum absolute atomic E-state index is 12.8. The molecule has 2 rings (SSSR count). The molecule has 0 fully saturated rings. The third kappa shape index (κ3) is 3.49. The minimum absolute atomic E-state index is 0.0289. The van der Waals surface area contributed by atoms with Crippen molar-refractivity contribution >= 4 is 53.6 Å². The second kappa shape index (κ2) is 6.24. The van der Waals surface area contributed by atoms with Gasteiger partial charge in [-0.25, -0.2) is 4.39 Å². The van der Waals surface area contributed by atoms with E-state index >= 15 is 0 Å². The summed E-state index contributed by atoms with van der Waals surface area (Å²) in [7, 11) is 0. The third-order valence-electron chi connectivity index (χ3n) is 2.44. The van der Waals surface area contributed by atoms with Crippen molar-refractivity contribution < 1.29 is 9.18 Å². The van der Waals surface area contributed by atoms with Gasteiger partial charge in [0.15, 0.2) is 0 Å². The molecule has 0 aliphatic heterocycles. The van der Waals surface area contributed by atoms with Crippen LogP contribution in [0.4, 0.5) is 4.39 Å². The van der Waals surface area contributed by atoms with Crippen molar-refractivity contribution in [2.75, 3.05) is 0 Å². The van der Waals surface area contributed by atoms with E-state index in [4.69, 9.17) is 0 Å². The van der Waals surface area contributed by atoms with Gasteiger partial charge in [0.25, 0.3) is 0 Å². The molecule has 98 valence electrons. The Labute approximate surface area is 134 Å². The zero-order valence-electron chi connectivity index (χ0n) is 9.41. The van der Waals surface area contributed by atoms with Crippen LogP contribution in [0.15, 0.2) is 41.0 Å². The van der Waals surface area contributed by atoms with Crippen molar-refractivity contribution in [2.24, 2.45) is 0 Å². The molecule has 1 heterocycles. The standard InChI is InChI=1S/C13H7Br3FNO/c14-10-5-8(13(15)16)6-18-11(10)12(19)7-1-3-9(17)4-2-7/h1-6,13H. The summed E-state index contributed by atoms with van der Waals surface area (Å²) in [5.74, 6) is -0.625. The first-order valence-electron chi connectivity index (χ1n) is 5.23. The van der Waals surface area contributed by atoms with Crippen LogP contribution < -0.4 is 0 Å². The monoisotopic (exact) mass is 449 g/mol. The molecule has 0 spiro atoms. The van der Waals surface area contributed by atoms with Crippen LogP contribution in [0.5, 0.6) is 0 Å².